The van der Waals surface area contributed by atoms with Crippen molar-refractivity contribution in [2.24, 2.45) is 0 Å². The average molecular weight is 334 g/mol. The van der Waals surface area contributed by atoms with E-state index in [1.165, 1.54) is 0 Å². The van der Waals surface area contributed by atoms with Gasteiger partial charge in [0.15, 0.2) is 6.10 Å². The van der Waals surface area contributed by atoms with Gasteiger partial charge in [0.25, 0.3) is 0 Å². The fraction of sp³-hybridized carbons (Fsp3) is 0.250. The molecule has 0 bridgehead atoms. The van der Waals surface area contributed by atoms with Crippen molar-refractivity contribution in [1.29, 1.82) is 0 Å². The predicted octanol–water partition coefficient (Wildman–Crippen LogP) is 4.27. The molecule has 0 radical (unpaired) electrons. The van der Waals surface area contributed by atoms with Gasteiger partial charge >= 0.3 is 0 Å². The highest BCUT2D eigenvalue weighted by Crippen LogP contribution is 2.20. The third-order valence-corrected chi connectivity index (χ3v) is 3.41. The summed E-state index contributed by atoms with van der Waals surface area (Å²) in [5.41, 5.74) is 0.586. The molecule has 0 N–H and O–H groups in total. The molecule has 0 amide bonds. The molecule has 0 aliphatic rings. The lowest BCUT2D eigenvalue weighted by atomic mass is 10.0. The maximum absolute atomic E-state index is 12.4. The minimum Gasteiger partial charge on any atom is -0.482 e. The molecule has 3 nitrogen and oxygen atoms in total. The molecule has 0 saturated heterocycles. The number of pyridine rings is 1. The lowest BCUT2D eigenvalue weighted by molar-refractivity contribution is 0.0777. The summed E-state index contributed by atoms with van der Waals surface area (Å²) in [5, 5.41) is 0. The molecule has 0 spiro atoms. The number of hydrogen-bond acceptors (Lipinski definition) is 3. The van der Waals surface area contributed by atoms with Crippen LogP contribution in [0.15, 0.2) is 53.3 Å². The van der Waals surface area contributed by atoms with Crippen LogP contribution in [-0.4, -0.2) is 16.9 Å². The Morgan fingerprint density at radius 2 is 2.05 bits per heavy atom. The molecule has 1 aromatic carbocycles. The molecular formula is C16H16BrNO2. The molecule has 1 unspecified atom stereocenters. The van der Waals surface area contributed by atoms with E-state index in [0.29, 0.717) is 17.7 Å². The zero-order chi connectivity index (χ0) is 14.4. The van der Waals surface area contributed by atoms with E-state index < -0.39 is 6.10 Å². The maximum atomic E-state index is 12.4. The largest absolute Gasteiger partial charge is 0.482 e. The Morgan fingerprint density at radius 1 is 1.30 bits per heavy atom. The van der Waals surface area contributed by atoms with Crippen LogP contribution in [0.3, 0.4) is 0 Å². The van der Waals surface area contributed by atoms with Crippen molar-refractivity contribution in [3.63, 3.8) is 0 Å². The third-order valence-electron chi connectivity index (χ3n) is 2.88. The second kappa shape index (κ2) is 7.20. The van der Waals surface area contributed by atoms with Crippen molar-refractivity contribution in [2.45, 2.75) is 25.9 Å². The van der Waals surface area contributed by atoms with Gasteiger partial charge in [0, 0.05) is 22.4 Å². The van der Waals surface area contributed by atoms with Gasteiger partial charge in [0.2, 0.25) is 5.78 Å². The Labute approximate surface area is 127 Å². The zero-order valence-electron chi connectivity index (χ0n) is 11.3. The van der Waals surface area contributed by atoms with Crippen LogP contribution in [0, 0.1) is 0 Å². The first-order valence-electron chi connectivity index (χ1n) is 6.57. The van der Waals surface area contributed by atoms with Crippen molar-refractivity contribution in [3.05, 3.63) is 58.8 Å². The number of benzene rings is 1. The quantitative estimate of drug-likeness (QED) is 0.741. The van der Waals surface area contributed by atoms with E-state index in [0.717, 1.165) is 10.9 Å². The number of halogens is 1. The van der Waals surface area contributed by atoms with E-state index in [1.54, 1.807) is 24.5 Å². The van der Waals surface area contributed by atoms with E-state index in [2.05, 4.69) is 20.9 Å². The minimum absolute atomic E-state index is 0.0251. The van der Waals surface area contributed by atoms with Gasteiger partial charge in [-0.25, -0.2) is 0 Å². The highest BCUT2D eigenvalue weighted by atomic mass is 79.9. The Hall–Kier alpha value is -1.68. The van der Waals surface area contributed by atoms with Gasteiger partial charge in [-0.1, -0.05) is 29.3 Å². The second-order valence-corrected chi connectivity index (χ2v) is 5.37. The second-order valence-electron chi connectivity index (χ2n) is 4.46. The highest BCUT2D eigenvalue weighted by Gasteiger charge is 2.21. The molecule has 0 aliphatic carbocycles. The van der Waals surface area contributed by atoms with Crippen molar-refractivity contribution < 1.29 is 9.53 Å². The van der Waals surface area contributed by atoms with Crippen LogP contribution >= 0.6 is 15.9 Å². The van der Waals surface area contributed by atoms with Gasteiger partial charge in [-0.2, -0.15) is 0 Å². The summed E-state index contributed by atoms with van der Waals surface area (Å²) in [6.45, 7) is 2.04. The number of ketones is 1. The first-order chi connectivity index (χ1) is 9.70. The Morgan fingerprint density at radius 3 is 2.65 bits per heavy atom. The monoisotopic (exact) mass is 333 g/mol. The van der Waals surface area contributed by atoms with Gasteiger partial charge in [0.1, 0.15) is 5.75 Å². The summed E-state index contributed by atoms with van der Waals surface area (Å²) in [6.07, 6.45) is 4.33. The summed E-state index contributed by atoms with van der Waals surface area (Å²) >= 11 is 3.38. The zero-order valence-corrected chi connectivity index (χ0v) is 12.8. The summed E-state index contributed by atoms with van der Waals surface area (Å²) in [6, 6.07) is 11.0. The first-order valence-corrected chi connectivity index (χ1v) is 7.36. The van der Waals surface area contributed by atoms with Crippen LogP contribution < -0.4 is 4.74 Å². The van der Waals surface area contributed by atoms with Gasteiger partial charge in [-0.15, -0.1) is 0 Å². The number of carbonyl (C=O) groups excluding carboxylic acids is 1. The molecule has 0 aliphatic heterocycles. The standard InChI is InChI=1S/C16H16BrNO2/c1-2-4-15(16(19)12-5-3-10-18-11-12)20-14-8-6-13(17)7-9-14/h3,5-11,15H,2,4H2,1H3. The van der Waals surface area contributed by atoms with Crippen molar-refractivity contribution >= 4 is 21.7 Å². The minimum atomic E-state index is -0.467. The number of hydrogen-bond donors (Lipinski definition) is 0. The van der Waals surface area contributed by atoms with Crippen molar-refractivity contribution in [2.75, 3.05) is 0 Å². The number of rotatable bonds is 6. The van der Waals surface area contributed by atoms with E-state index in [9.17, 15) is 4.79 Å². The van der Waals surface area contributed by atoms with Crippen LogP contribution in [0.1, 0.15) is 30.1 Å². The van der Waals surface area contributed by atoms with Gasteiger partial charge in [0.05, 0.1) is 0 Å². The van der Waals surface area contributed by atoms with Crippen LogP contribution in [0.25, 0.3) is 0 Å². The van der Waals surface area contributed by atoms with Crippen molar-refractivity contribution in [1.82, 2.24) is 4.98 Å². The SMILES string of the molecule is CCCC(Oc1ccc(Br)cc1)C(=O)c1cccnc1. The molecule has 1 aromatic heterocycles. The van der Waals surface area contributed by atoms with E-state index in [1.807, 2.05) is 31.2 Å². The Kier molecular flexibility index (Phi) is 5.30. The Balaban J connectivity index is 2.14. The van der Waals surface area contributed by atoms with Crippen LogP contribution in [0.2, 0.25) is 0 Å². The number of carbonyl (C=O) groups is 1. The molecule has 0 saturated carbocycles. The topological polar surface area (TPSA) is 39.2 Å². The molecule has 104 valence electrons. The highest BCUT2D eigenvalue weighted by molar-refractivity contribution is 9.10. The molecule has 1 atom stereocenters. The molecular weight excluding hydrogens is 318 g/mol. The molecule has 2 aromatic rings. The molecule has 1 heterocycles. The molecule has 20 heavy (non-hydrogen) atoms. The number of Topliss-reactive ketones (excluding diaryl/α,β-unsaturated/α-hetero) is 1. The maximum Gasteiger partial charge on any atom is 0.204 e. The fourth-order valence-corrected chi connectivity index (χ4v) is 2.14. The van der Waals surface area contributed by atoms with E-state index >= 15 is 0 Å². The summed E-state index contributed by atoms with van der Waals surface area (Å²) in [4.78, 5) is 16.4. The number of aromatic nitrogens is 1. The predicted molar refractivity (Wildman–Crippen MR) is 82.0 cm³/mol. The summed E-state index contributed by atoms with van der Waals surface area (Å²) in [5.74, 6) is 0.673. The average Bonchev–Trinajstić information content (AvgIpc) is 2.49. The molecule has 4 heteroatoms. The summed E-state index contributed by atoms with van der Waals surface area (Å²) in [7, 11) is 0. The lowest BCUT2D eigenvalue weighted by Crippen LogP contribution is -2.27. The van der Waals surface area contributed by atoms with Crippen LogP contribution in [0.4, 0.5) is 0 Å². The van der Waals surface area contributed by atoms with Gasteiger partial charge in [-0.05, 0) is 42.8 Å². The number of ether oxygens (including phenoxy) is 1. The summed E-state index contributed by atoms with van der Waals surface area (Å²) < 4.78 is 6.81. The van der Waals surface area contributed by atoms with Gasteiger partial charge in [-0.3, -0.25) is 9.78 Å². The van der Waals surface area contributed by atoms with Crippen LogP contribution in [0.5, 0.6) is 5.75 Å². The fourth-order valence-electron chi connectivity index (χ4n) is 1.88. The van der Waals surface area contributed by atoms with Gasteiger partial charge < -0.3 is 4.74 Å². The van der Waals surface area contributed by atoms with Crippen LogP contribution in [-0.2, 0) is 0 Å². The Bertz CT molecular complexity index is 554. The van der Waals surface area contributed by atoms with Crippen molar-refractivity contribution in [3.8, 4) is 5.75 Å². The molecule has 2 rings (SSSR count). The smallest absolute Gasteiger partial charge is 0.204 e. The number of nitrogens with zero attached hydrogens (tertiary/aromatic N) is 1. The van der Waals surface area contributed by atoms with E-state index in [-0.39, 0.29) is 5.78 Å². The third kappa shape index (κ3) is 3.90. The lowest BCUT2D eigenvalue weighted by Gasteiger charge is -2.17. The van der Waals surface area contributed by atoms with E-state index in [4.69, 9.17) is 4.74 Å². The molecule has 0 fully saturated rings. The first kappa shape index (κ1) is 14.7. The normalized spacial score (nSPS) is 11.9.